The summed E-state index contributed by atoms with van der Waals surface area (Å²) >= 11 is 0. The van der Waals surface area contributed by atoms with Crippen molar-refractivity contribution in [2.45, 2.75) is 0 Å². The monoisotopic (exact) mass is 253 g/mol. The summed E-state index contributed by atoms with van der Waals surface area (Å²) in [6.45, 7) is 0. The lowest BCUT2D eigenvalue weighted by Crippen LogP contribution is -2.02. The van der Waals surface area contributed by atoms with Gasteiger partial charge >= 0.3 is 0 Å². The summed E-state index contributed by atoms with van der Waals surface area (Å²) < 4.78 is 0. The third-order valence-corrected chi connectivity index (χ3v) is 3.02. The summed E-state index contributed by atoms with van der Waals surface area (Å²) in [4.78, 5) is 15.1. The van der Waals surface area contributed by atoms with Crippen LogP contribution in [0.25, 0.3) is 22.2 Å². The molecule has 3 rings (SSSR count). The van der Waals surface area contributed by atoms with E-state index in [0.717, 1.165) is 5.52 Å². The van der Waals surface area contributed by atoms with Crippen LogP contribution in [0.15, 0.2) is 53.3 Å². The number of nitrogens with one attached hydrogen (secondary N) is 1. The van der Waals surface area contributed by atoms with Crippen LogP contribution in [-0.2, 0) is 0 Å². The van der Waals surface area contributed by atoms with Crippen LogP contribution in [-0.4, -0.2) is 15.2 Å². The van der Waals surface area contributed by atoms with Gasteiger partial charge < -0.3 is 15.2 Å². The van der Waals surface area contributed by atoms with Crippen LogP contribution in [0, 0.1) is 0 Å². The van der Waals surface area contributed by atoms with Gasteiger partial charge in [0.25, 0.3) is 0 Å². The molecule has 1 heterocycles. The minimum absolute atomic E-state index is 0.0862. The lowest BCUT2D eigenvalue weighted by molar-refractivity contribution is 0.404. The number of aromatic amines is 1. The number of hydrogen-bond donors (Lipinski definition) is 3. The predicted octanol–water partition coefficient (Wildman–Crippen LogP) is 2.61. The van der Waals surface area contributed by atoms with Crippen molar-refractivity contribution in [2.75, 3.05) is 0 Å². The second-order valence-corrected chi connectivity index (χ2v) is 4.30. The molecule has 0 amide bonds. The first kappa shape index (κ1) is 11.3. The van der Waals surface area contributed by atoms with E-state index in [-0.39, 0.29) is 16.9 Å². The first-order chi connectivity index (χ1) is 9.15. The lowest BCUT2D eigenvalue weighted by atomic mass is 10.1. The number of fused-ring (bicyclic) bond motifs is 1. The first-order valence-electron chi connectivity index (χ1n) is 5.79. The zero-order valence-electron chi connectivity index (χ0n) is 9.92. The molecule has 0 radical (unpaired) electrons. The first-order valence-corrected chi connectivity index (χ1v) is 5.79. The van der Waals surface area contributed by atoms with Gasteiger partial charge in [-0.05, 0) is 30.3 Å². The highest BCUT2D eigenvalue weighted by Crippen LogP contribution is 2.29. The molecule has 0 aliphatic rings. The second kappa shape index (κ2) is 4.17. The Morgan fingerprint density at radius 2 is 1.68 bits per heavy atom. The molecule has 4 heteroatoms. The highest BCUT2D eigenvalue weighted by Gasteiger charge is 2.06. The van der Waals surface area contributed by atoms with E-state index in [9.17, 15) is 15.0 Å². The average Bonchev–Trinajstić information content (AvgIpc) is 2.42. The van der Waals surface area contributed by atoms with Crippen molar-refractivity contribution in [3.05, 3.63) is 58.8 Å². The third kappa shape index (κ3) is 1.93. The molecule has 3 N–H and O–H groups in total. The molecular weight excluding hydrogens is 242 g/mol. The Bertz CT molecular complexity index is 821. The molecule has 0 spiro atoms. The van der Waals surface area contributed by atoms with Gasteiger partial charge in [-0.3, -0.25) is 4.79 Å². The number of hydrogen-bond acceptors (Lipinski definition) is 3. The Morgan fingerprint density at radius 3 is 2.47 bits per heavy atom. The number of aromatic nitrogens is 1. The Labute approximate surface area is 108 Å². The maximum atomic E-state index is 12.0. The number of pyridine rings is 1. The molecule has 0 unspecified atom stereocenters. The summed E-state index contributed by atoms with van der Waals surface area (Å²) in [5.74, 6) is -0.404. The molecule has 0 aliphatic carbocycles. The fraction of sp³-hybridized carbons (Fsp3) is 0. The van der Waals surface area contributed by atoms with Crippen LogP contribution in [0.1, 0.15) is 0 Å². The Balaban J connectivity index is 2.25. The fourth-order valence-electron chi connectivity index (χ4n) is 2.04. The van der Waals surface area contributed by atoms with E-state index < -0.39 is 0 Å². The van der Waals surface area contributed by atoms with E-state index in [2.05, 4.69) is 4.98 Å². The van der Waals surface area contributed by atoms with E-state index in [1.165, 1.54) is 18.2 Å². The molecule has 0 aliphatic heterocycles. The smallest absolute Gasteiger partial charge is 0.190 e. The van der Waals surface area contributed by atoms with Gasteiger partial charge in [-0.1, -0.05) is 12.1 Å². The standard InChI is InChI=1S/C15H11NO3/c17-13-6-5-9(7-15(13)19)12-8-14(18)10-3-1-2-4-11(10)16-12/h1-8,17,19H,(H,16,18). The molecule has 19 heavy (non-hydrogen) atoms. The Hall–Kier alpha value is -2.75. The molecule has 0 bridgehead atoms. The van der Waals surface area contributed by atoms with Gasteiger partial charge in [0, 0.05) is 28.2 Å². The molecule has 4 nitrogen and oxygen atoms in total. The summed E-state index contributed by atoms with van der Waals surface area (Å²) in [5.41, 5.74) is 1.88. The quantitative estimate of drug-likeness (QED) is 0.584. The van der Waals surface area contributed by atoms with E-state index in [4.69, 9.17) is 0 Å². The predicted molar refractivity (Wildman–Crippen MR) is 73.3 cm³/mol. The number of benzene rings is 2. The number of aromatic hydroxyl groups is 2. The van der Waals surface area contributed by atoms with E-state index in [0.29, 0.717) is 16.6 Å². The van der Waals surface area contributed by atoms with Gasteiger partial charge in [-0.15, -0.1) is 0 Å². The molecule has 1 aromatic heterocycles. The second-order valence-electron chi connectivity index (χ2n) is 4.30. The fourth-order valence-corrected chi connectivity index (χ4v) is 2.04. The molecular formula is C15H11NO3. The third-order valence-electron chi connectivity index (χ3n) is 3.02. The van der Waals surface area contributed by atoms with Crippen molar-refractivity contribution < 1.29 is 10.2 Å². The van der Waals surface area contributed by atoms with Crippen molar-refractivity contribution in [3.63, 3.8) is 0 Å². The SMILES string of the molecule is O=c1cc(-c2ccc(O)c(O)c2)[nH]c2ccccc12. The van der Waals surface area contributed by atoms with E-state index in [1.807, 2.05) is 18.2 Å². The van der Waals surface area contributed by atoms with Crippen LogP contribution >= 0.6 is 0 Å². The van der Waals surface area contributed by atoms with Gasteiger partial charge in [0.05, 0.1) is 0 Å². The van der Waals surface area contributed by atoms with Crippen molar-refractivity contribution >= 4 is 10.9 Å². The number of rotatable bonds is 1. The minimum atomic E-state index is -0.216. The summed E-state index contributed by atoms with van der Waals surface area (Å²) in [5, 5.41) is 19.4. The summed E-state index contributed by atoms with van der Waals surface area (Å²) in [7, 11) is 0. The normalized spacial score (nSPS) is 10.7. The highest BCUT2D eigenvalue weighted by atomic mass is 16.3. The van der Waals surface area contributed by atoms with Crippen molar-refractivity contribution in [2.24, 2.45) is 0 Å². The summed E-state index contributed by atoms with van der Waals surface area (Å²) in [6, 6.07) is 13.1. The molecule has 0 saturated carbocycles. The van der Waals surface area contributed by atoms with Crippen LogP contribution in [0.2, 0.25) is 0 Å². The van der Waals surface area contributed by atoms with E-state index in [1.54, 1.807) is 12.1 Å². The highest BCUT2D eigenvalue weighted by molar-refractivity contribution is 5.81. The van der Waals surface area contributed by atoms with Crippen LogP contribution < -0.4 is 5.43 Å². The van der Waals surface area contributed by atoms with Crippen molar-refractivity contribution in [1.82, 2.24) is 4.98 Å². The van der Waals surface area contributed by atoms with Crippen LogP contribution in [0.3, 0.4) is 0 Å². The molecule has 3 aromatic rings. The van der Waals surface area contributed by atoms with Crippen molar-refractivity contribution in [1.29, 1.82) is 0 Å². The maximum absolute atomic E-state index is 12.0. The number of para-hydroxylation sites is 1. The van der Waals surface area contributed by atoms with Crippen LogP contribution in [0.4, 0.5) is 0 Å². The van der Waals surface area contributed by atoms with Crippen molar-refractivity contribution in [3.8, 4) is 22.8 Å². The number of phenolic OH excluding ortho intramolecular Hbond substituents is 2. The average molecular weight is 253 g/mol. The van der Waals surface area contributed by atoms with Gasteiger partial charge in [0.2, 0.25) is 0 Å². The molecule has 94 valence electrons. The summed E-state index contributed by atoms with van der Waals surface area (Å²) in [6.07, 6.45) is 0. The van der Waals surface area contributed by atoms with Gasteiger partial charge in [0.15, 0.2) is 16.9 Å². The van der Waals surface area contributed by atoms with Crippen LogP contribution in [0.5, 0.6) is 11.5 Å². The Morgan fingerprint density at radius 1 is 0.895 bits per heavy atom. The molecule has 2 aromatic carbocycles. The molecule has 0 fully saturated rings. The topological polar surface area (TPSA) is 73.3 Å². The largest absolute Gasteiger partial charge is 0.504 e. The van der Waals surface area contributed by atoms with Gasteiger partial charge in [-0.25, -0.2) is 0 Å². The van der Waals surface area contributed by atoms with Gasteiger partial charge in [-0.2, -0.15) is 0 Å². The Kier molecular flexibility index (Phi) is 2.49. The molecule has 0 atom stereocenters. The van der Waals surface area contributed by atoms with Gasteiger partial charge in [0.1, 0.15) is 0 Å². The van der Waals surface area contributed by atoms with E-state index >= 15 is 0 Å². The minimum Gasteiger partial charge on any atom is -0.504 e. The zero-order chi connectivity index (χ0) is 13.4. The molecule has 0 saturated heterocycles. The zero-order valence-corrected chi connectivity index (χ0v) is 9.92. The lowest BCUT2D eigenvalue weighted by Gasteiger charge is -2.06. The maximum Gasteiger partial charge on any atom is 0.190 e. The number of H-pyrrole nitrogens is 1. The number of phenols is 2.